The summed E-state index contributed by atoms with van der Waals surface area (Å²) in [4.78, 5) is 0. The third-order valence-electron chi connectivity index (χ3n) is 3.56. The second kappa shape index (κ2) is 5.41. The van der Waals surface area contributed by atoms with Gasteiger partial charge in [0.05, 0.1) is 6.26 Å². The molecular weight excluding hydrogens is 246 g/mol. The number of sulfonamides is 1. The highest BCUT2D eigenvalue weighted by atomic mass is 32.2. The van der Waals surface area contributed by atoms with Crippen LogP contribution in [0.5, 0.6) is 0 Å². The molecule has 0 aliphatic carbocycles. The van der Waals surface area contributed by atoms with Crippen LogP contribution in [0.4, 0.5) is 0 Å². The van der Waals surface area contributed by atoms with Gasteiger partial charge in [-0.25, -0.2) is 8.42 Å². The van der Waals surface area contributed by atoms with Crippen LogP contribution in [0.25, 0.3) is 0 Å². The van der Waals surface area contributed by atoms with Gasteiger partial charge in [-0.05, 0) is 25.3 Å². The molecule has 0 N–H and O–H groups in total. The summed E-state index contributed by atoms with van der Waals surface area (Å²) >= 11 is 0. The van der Waals surface area contributed by atoms with Gasteiger partial charge in [0, 0.05) is 12.6 Å². The van der Waals surface area contributed by atoms with Gasteiger partial charge in [0.25, 0.3) is 0 Å². The lowest BCUT2D eigenvalue weighted by molar-refractivity contribution is 0.331. The summed E-state index contributed by atoms with van der Waals surface area (Å²) in [6.07, 6.45) is 5.44. The molecule has 1 aliphatic rings. The second-order valence-corrected chi connectivity index (χ2v) is 7.09. The highest BCUT2D eigenvalue weighted by Gasteiger charge is 2.29. The molecule has 0 aromatic heterocycles. The fourth-order valence-electron chi connectivity index (χ4n) is 2.69. The predicted octanol–water partition coefficient (Wildman–Crippen LogP) is 2.87. The number of hydrogen-bond acceptors (Lipinski definition) is 2. The normalized spacial score (nSPS) is 22.7. The van der Waals surface area contributed by atoms with E-state index in [-0.39, 0.29) is 6.04 Å². The molecule has 3 nitrogen and oxygen atoms in total. The minimum Gasteiger partial charge on any atom is -0.212 e. The molecule has 1 saturated heterocycles. The Balaban J connectivity index is 2.37. The molecule has 4 heteroatoms. The maximum absolute atomic E-state index is 11.9. The van der Waals surface area contributed by atoms with Crippen molar-refractivity contribution in [2.45, 2.75) is 38.6 Å². The summed E-state index contributed by atoms with van der Waals surface area (Å²) in [5.41, 5.74) is 2.31. The molecule has 100 valence electrons. The van der Waals surface area contributed by atoms with Crippen LogP contribution in [0.15, 0.2) is 24.3 Å². The largest absolute Gasteiger partial charge is 0.212 e. The van der Waals surface area contributed by atoms with E-state index in [1.807, 2.05) is 25.1 Å². The minimum absolute atomic E-state index is 0.0161. The molecule has 1 unspecified atom stereocenters. The zero-order valence-corrected chi connectivity index (χ0v) is 11.9. The van der Waals surface area contributed by atoms with Gasteiger partial charge >= 0.3 is 0 Å². The van der Waals surface area contributed by atoms with Crippen LogP contribution in [-0.4, -0.2) is 25.5 Å². The monoisotopic (exact) mass is 267 g/mol. The Morgan fingerprint density at radius 3 is 2.67 bits per heavy atom. The summed E-state index contributed by atoms with van der Waals surface area (Å²) < 4.78 is 25.5. The van der Waals surface area contributed by atoms with Gasteiger partial charge in [-0.3, -0.25) is 0 Å². The van der Waals surface area contributed by atoms with Crippen molar-refractivity contribution in [3.63, 3.8) is 0 Å². The van der Waals surface area contributed by atoms with Gasteiger partial charge < -0.3 is 0 Å². The number of benzene rings is 1. The lowest BCUT2D eigenvalue weighted by Crippen LogP contribution is -2.33. The summed E-state index contributed by atoms with van der Waals surface area (Å²) in [6.45, 7) is 2.70. The molecular formula is C14H21NO2S. The average molecular weight is 267 g/mol. The van der Waals surface area contributed by atoms with Gasteiger partial charge in [0.1, 0.15) is 0 Å². The van der Waals surface area contributed by atoms with E-state index in [9.17, 15) is 8.42 Å². The van der Waals surface area contributed by atoms with Crippen molar-refractivity contribution in [2.75, 3.05) is 12.8 Å². The first-order chi connectivity index (χ1) is 8.48. The lowest BCUT2D eigenvalue weighted by atomic mass is 10.0. The first-order valence-corrected chi connectivity index (χ1v) is 8.37. The van der Waals surface area contributed by atoms with Crippen LogP contribution >= 0.6 is 0 Å². The van der Waals surface area contributed by atoms with Gasteiger partial charge in [0.15, 0.2) is 0 Å². The van der Waals surface area contributed by atoms with E-state index in [1.165, 1.54) is 11.8 Å². The molecule has 0 amide bonds. The molecule has 1 aliphatic heterocycles. The average Bonchev–Trinajstić information content (AvgIpc) is 2.53. The number of hydrogen-bond donors (Lipinski definition) is 0. The fraction of sp³-hybridized carbons (Fsp3) is 0.571. The fourth-order valence-corrected chi connectivity index (χ4v) is 3.84. The smallest absolute Gasteiger partial charge is 0.211 e. The molecule has 1 aromatic carbocycles. The van der Waals surface area contributed by atoms with Crippen molar-refractivity contribution in [3.05, 3.63) is 35.4 Å². The molecule has 0 spiro atoms. The second-order valence-electron chi connectivity index (χ2n) is 5.15. The van der Waals surface area contributed by atoms with E-state index >= 15 is 0 Å². The predicted molar refractivity (Wildman–Crippen MR) is 73.9 cm³/mol. The quantitative estimate of drug-likeness (QED) is 0.826. The number of aryl methyl sites for hydroxylation is 1. The van der Waals surface area contributed by atoms with E-state index in [2.05, 4.69) is 6.07 Å². The van der Waals surface area contributed by atoms with Crippen LogP contribution < -0.4 is 0 Å². The standard InChI is InChI=1S/C14H21NO2S/c1-12-7-6-8-13(11-12)14-9-4-3-5-10-15(14)18(2,16)17/h6-8,11,14H,3-5,9-10H2,1-2H3. The Morgan fingerprint density at radius 2 is 2.00 bits per heavy atom. The molecule has 1 heterocycles. The number of rotatable bonds is 2. The first-order valence-electron chi connectivity index (χ1n) is 6.52. The molecule has 1 atom stereocenters. The summed E-state index contributed by atoms with van der Waals surface area (Å²) in [5.74, 6) is 0. The molecule has 1 fully saturated rings. The van der Waals surface area contributed by atoms with Crippen LogP contribution in [-0.2, 0) is 10.0 Å². The van der Waals surface area contributed by atoms with Crippen molar-refractivity contribution in [1.29, 1.82) is 0 Å². The van der Waals surface area contributed by atoms with E-state index in [4.69, 9.17) is 0 Å². The van der Waals surface area contributed by atoms with Crippen molar-refractivity contribution in [1.82, 2.24) is 4.31 Å². The lowest BCUT2D eigenvalue weighted by Gasteiger charge is -2.28. The first kappa shape index (κ1) is 13.6. The highest BCUT2D eigenvalue weighted by molar-refractivity contribution is 7.88. The van der Waals surface area contributed by atoms with Gasteiger partial charge in [0.2, 0.25) is 10.0 Å². The zero-order valence-electron chi connectivity index (χ0n) is 11.1. The van der Waals surface area contributed by atoms with E-state index in [0.29, 0.717) is 6.54 Å². The van der Waals surface area contributed by atoms with Gasteiger partial charge in [-0.2, -0.15) is 4.31 Å². The van der Waals surface area contributed by atoms with Crippen molar-refractivity contribution >= 4 is 10.0 Å². The Kier molecular flexibility index (Phi) is 4.07. The van der Waals surface area contributed by atoms with Crippen molar-refractivity contribution in [2.24, 2.45) is 0 Å². The number of nitrogens with zero attached hydrogens (tertiary/aromatic N) is 1. The third kappa shape index (κ3) is 3.12. The topological polar surface area (TPSA) is 37.4 Å². The summed E-state index contributed by atoms with van der Waals surface area (Å²) in [5, 5.41) is 0. The van der Waals surface area contributed by atoms with E-state index in [0.717, 1.165) is 31.2 Å². The van der Waals surface area contributed by atoms with Crippen LogP contribution in [0.3, 0.4) is 0 Å². The minimum atomic E-state index is -3.13. The van der Waals surface area contributed by atoms with Crippen LogP contribution in [0.1, 0.15) is 42.9 Å². The Labute approximate surface area is 110 Å². The van der Waals surface area contributed by atoms with Gasteiger partial charge in [-0.15, -0.1) is 0 Å². The van der Waals surface area contributed by atoms with Gasteiger partial charge in [-0.1, -0.05) is 42.7 Å². The summed E-state index contributed by atoms with van der Waals surface area (Å²) in [7, 11) is -3.13. The van der Waals surface area contributed by atoms with Crippen LogP contribution in [0, 0.1) is 6.92 Å². The molecule has 0 radical (unpaired) electrons. The summed E-state index contributed by atoms with van der Waals surface area (Å²) in [6, 6.07) is 8.22. The maximum Gasteiger partial charge on any atom is 0.211 e. The molecule has 18 heavy (non-hydrogen) atoms. The Hall–Kier alpha value is -0.870. The molecule has 0 saturated carbocycles. The maximum atomic E-state index is 11.9. The van der Waals surface area contributed by atoms with Crippen molar-refractivity contribution in [3.8, 4) is 0 Å². The SMILES string of the molecule is Cc1cccc(C2CCCCCN2S(C)(=O)=O)c1. The Morgan fingerprint density at radius 1 is 1.22 bits per heavy atom. The third-order valence-corrected chi connectivity index (χ3v) is 4.85. The van der Waals surface area contributed by atoms with Crippen molar-refractivity contribution < 1.29 is 8.42 Å². The molecule has 1 aromatic rings. The zero-order chi connectivity index (χ0) is 13.2. The highest BCUT2D eigenvalue weighted by Crippen LogP contribution is 2.32. The van der Waals surface area contributed by atoms with E-state index in [1.54, 1.807) is 4.31 Å². The molecule has 0 bridgehead atoms. The van der Waals surface area contributed by atoms with Crippen LogP contribution in [0.2, 0.25) is 0 Å². The molecule has 2 rings (SSSR count). The Bertz CT molecular complexity index is 510. The van der Waals surface area contributed by atoms with E-state index < -0.39 is 10.0 Å².